The van der Waals surface area contributed by atoms with Crippen molar-refractivity contribution in [3.05, 3.63) is 24.0 Å². The second kappa shape index (κ2) is 5.45. The Morgan fingerprint density at radius 3 is 2.70 bits per heavy atom. The highest BCUT2D eigenvalue weighted by Crippen LogP contribution is 2.28. The van der Waals surface area contributed by atoms with Gasteiger partial charge in [-0.05, 0) is 22.6 Å². The summed E-state index contributed by atoms with van der Waals surface area (Å²) in [7, 11) is 0. The molecule has 0 saturated carbocycles. The Balaban J connectivity index is 2.24. The van der Waals surface area contributed by atoms with Crippen molar-refractivity contribution in [2.75, 3.05) is 5.75 Å². The quantitative estimate of drug-likeness (QED) is 0.850. The van der Waals surface area contributed by atoms with Crippen LogP contribution < -0.4 is 0 Å². The molecule has 2 rings (SSSR count). The van der Waals surface area contributed by atoms with Gasteiger partial charge in [-0.1, -0.05) is 11.8 Å². The number of aromatic nitrogens is 5. The van der Waals surface area contributed by atoms with E-state index in [0.717, 1.165) is 34.8 Å². The molecule has 0 aromatic carbocycles. The summed E-state index contributed by atoms with van der Waals surface area (Å²) in [6, 6.07) is 1.94. The summed E-state index contributed by atoms with van der Waals surface area (Å²) in [4.78, 5) is 13.7. The molecule has 7 nitrogen and oxygen atoms in total. The molecule has 2 aromatic heterocycles. The number of carboxylic acids is 1. The average molecular weight is 305 g/mol. The molecule has 0 aliphatic heterocycles. The van der Waals surface area contributed by atoms with Gasteiger partial charge in [0, 0.05) is 0 Å². The fourth-order valence-corrected chi connectivity index (χ4v) is 1.85. The molecule has 0 saturated heterocycles. The third-order valence-electron chi connectivity index (χ3n) is 2.05. The van der Waals surface area contributed by atoms with Crippen molar-refractivity contribution in [2.45, 2.75) is 11.3 Å². The molecule has 0 aliphatic carbocycles. The van der Waals surface area contributed by atoms with Gasteiger partial charge in [-0.2, -0.15) is 17.9 Å². The molecule has 0 fully saturated rings. The molecule has 0 bridgehead atoms. The van der Waals surface area contributed by atoms with Gasteiger partial charge in [-0.25, -0.2) is 4.98 Å². The normalized spacial score (nSPS) is 11.6. The summed E-state index contributed by atoms with van der Waals surface area (Å²) in [6.07, 6.45) is -3.57. The number of tetrazole rings is 1. The lowest BCUT2D eigenvalue weighted by atomic mass is 10.3. The first-order chi connectivity index (χ1) is 9.38. The molecule has 0 atom stereocenters. The maximum Gasteiger partial charge on any atom is 0.433 e. The Hall–Kier alpha value is -2.17. The van der Waals surface area contributed by atoms with Gasteiger partial charge in [0.2, 0.25) is 5.16 Å². The van der Waals surface area contributed by atoms with Gasteiger partial charge in [0.1, 0.15) is 5.69 Å². The summed E-state index contributed by atoms with van der Waals surface area (Å²) >= 11 is 0.844. The highest BCUT2D eigenvalue weighted by atomic mass is 32.2. The van der Waals surface area contributed by atoms with Crippen molar-refractivity contribution in [3.63, 3.8) is 0 Å². The number of carboxylic acid groups (broad SMARTS) is 1. The van der Waals surface area contributed by atoms with Gasteiger partial charge in [-0.3, -0.25) is 4.79 Å². The summed E-state index contributed by atoms with van der Waals surface area (Å²) in [5, 5.41) is 19.2. The standard InChI is InChI=1S/C9H6F3N5O2S/c10-9(11,12)6-2-1-5(3-13-6)17-8(14-15-16-17)20-4-7(18)19/h1-3H,4H2,(H,18,19). The van der Waals surface area contributed by atoms with Crippen LogP contribution in [0.4, 0.5) is 13.2 Å². The van der Waals surface area contributed by atoms with Crippen LogP contribution in [0.3, 0.4) is 0 Å². The highest BCUT2D eigenvalue weighted by Gasteiger charge is 2.32. The van der Waals surface area contributed by atoms with Crippen molar-refractivity contribution in [1.29, 1.82) is 0 Å². The number of hydrogen-bond acceptors (Lipinski definition) is 6. The van der Waals surface area contributed by atoms with Crippen LogP contribution in [0, 0.1) is 0 Å². The SMILES string of the molecule is O=C(O)CSc1nnnn1-c1ccc(C(F)(F)F)nc1. The summed E-state index contributed by atoms with van der Waals surface area (Å²) in [5.74, 6) is -1.33. The second-order valence-corrected chi connectivity index (χ2v) is 4.40. The van der Waals surface area contributed by atoms with Crippen molar-refractivity contribution in [1.82, 2.24) is 25.2 Å². The van der Waals surface area contributed by atoms with Gasteiger partial charge in [0.05, 0.1) is 17.6 Å². The Morgan fingerprint density at radius 2 is 2.15 bits per heavy atom. The molecule has 0 amide bonds. The number of alkyl halides is 3. The Bertz CT molecular complexity index is 613. The highest BCUT2D eigenvalue weighted by molar-refractivity contribution is 7.99. The number of rotatable bonds is 4. The lowest BCUT2D eigenvalue weighted by Crippen LogP contribution is -2.09. The van der Waals surface area contributed by atoms with Crippen LogP contribution in [0.2, 0.25) is 0 Å². The van der Waals surface area contributed by atoms with Crippen molar-refractivity contribution in [3.8, 4) is 5.69 Å². The van der Waals surface area contributed by atoms with Gasteiger partial charge >= 0.3 is 12.1 Å². The molecule has 0 unspecified atom stereocenters. The van der Waals surface area contributed by atoms with Crippen LogP contribution >= 0.6 is 11.8 Å². The van der Waals surface area contributed by atoms with E-state index >= 15 is 0 Å². The van der Waals surface area contributed by atoms with E-state index in [1.807, 2.05) is 0 Å². The first kappa shape index (κ1) is 14.2. The first-order valence-electron chi connectivity index (χ1n) is 5.04. The van der Waals surface area contributed by atoms with E-state index in [0.29, 0.717) is 0 Å². The van der Waals surface area contributed by atoms with E-state index in [4.69, 9.17) is 5.11 Å². The van der Waals surface area contributed by atoms with E-state index in [1.165, 1.54) is 0 Å². The van der Waals surface area contributed by atoms with Crippen LogP contribution in [0.5, 0.6) is 0 Å². The summed E-state index contributed by atoms with van der Waals surface area (Å²) in [6.45, 7) is 0. The zero-order chi connectivity index (χ0) is 14.8. The molecule has 11 heteroatoms. The van der Waals surface area contributed by atoms with Crippen LogP contribution in [0.1, 0.15) is 5.69 Å². The largest absolute Gasteiger partial charge is 0.481 e. The number of pyridine rings is 1. The average Bonchev–Trinajstić information content (AvgIpc) is 2.83. The third-order valence-corrected chi connectivity index (χ3v) is 2.95. The maximum absolute atomic E-state index is 12.4. The molecule has 2 aromatic rings. The predicted octanol–water partition coefficient (Wildman–Crippen LogP) is 1.25. The fourth-order valence-electron chi connectivity index (χ4n) is 1.24. The zero-order valence-electron chi connectivity index (χ0n) is 9.57. The van der Waals surface area contributed by atoms with Gasteiger partial charge in [0.15, 0.2) is 0 Å². The fraction of sp³-hybridized carbons (Fsp3) is 0.222. The monoisotopic (exact) mass is 305 g/mol. The molecule has 0 aliphatic rings. The van der Waals surface area contributed by atoms with Crippen molar-refractivity contribution < 1.29 is 23.1 Å². The van der Waals surface area contributed by atoms with Gasteiger partial charge < -0.3 is 5.11 Å². The molecule has 2 heterocycles. The minimum Gasteiger partial charge on any atom is -0.481 e. The van der Waals surface area contributed by atoms with Gasteiger partial charge in [-0.15, -0.1) is 5.10 Å². The van der Waals surface area contributed by atoms with Crippen LogP contribution in [-0.2, 0) is 11.0 Å². The van der Waals surface area contributed by atoms with E-state index in [1.54, 1.807) is 0 Å². The second-order valence-electron chi connectivity index (χ2n) is 3.46. The Kier molecular flexibility index (Phi) is 3.88. The number of carbonyl (C=O) groups is 1. The number of nitrogens with zero attached hydrogens (tertiary/aromatic N) is 5. The number of thioether (sulfide) groups is 1. The Labute approximate surface area is 113 Å². The van der Waals surface area contributed by atoms with Crippen molar-refractivity contribution >= 4 is 17.7 Å². The smallest absolute Gasteiger partial charge is 0.433 e. The number of halogens is 3. The lowest BCUT2D eigenvalue weighted by Gasteiger charge is -2.07. The maximum atomic E-state index is 12.4. The number of aliphatic carboxylic acids is 1. The van der Waals surface area contributed by atoms with E-state index in [-0.39, 0.29) is 16.6 Å². The zero-order valence-corrected chi connectivity index (χ0v) is 10.4. The molecule has 20 heavy (non-hydrogen) atoms. The van der Waals surface area contributed by atoms with Crippen LogP contribution in [0.15, 0.2) is 23.5 Å². The third kappa shape index (κ3) is 3.23. The van der Waals surface area contributed by atoms with Gasteiger partial charge in [0.25, 0.3) is 0 Å². The minimum atomic E-state index is -4.53. The van der Waals surface area contributed by atoms with Crippen molar-refractivity contribution in [2.24, 2.45) is 0 Å². The molecule has 0 radical (unpaired) electrons. The minimum absolute atomic E-state index is 0.147. The molecular formula is C9H6F3N5O2S. The van der Waals surface area contributed by atoms with Crippen LogP contribution in [-0.4, -0.2) is 42.0 Å². The lowest BCUT2D eigenvalue weighted by molar-refractivity contribution is -0.141. The van der Waals surface area contributed by atoms with Crippen LogP contribution in [0.25, 0.3) is 5.69 Å². The summed E-state index contributed by atoms with van der Waals surface area (Å²) < 4.78 is 38.2. The van der Waals surface area contributed by atoms with E-state index in [2.05, 4.69) is 20.5 Å². The van der Waals surface area contributed by atoms with E-state index < -0.39 is 17.8 Å². The topological polar surface area (TPSA) is 93.8 Å². The number of hydrogen-bond donors (Lipinski definition) is 1. The van der Waals surface area contributed by atoms with E-state index in [9.17, 15) is 18.0 Å². The summed E-state index contributed by atoms with van der Waals surface area (Å²) in [5.41, 5.74) is -0.829. The molecule has 106 valence electrons. The first-order valence-corrected chi connectivity index (χ1v) is 6.03. The molecular weight excluding hydrogens is 299 g/mol. The molecule has 1 N–H and O–H groups in total. The Morgan fingerprint density at radius 1 is 1.40 bits per heavy atom. The molecule has 0 spiro atoms. The predicted molar refractivity (Wildman–Crippen MR) is 60.3 cm³/mol.